The Kier molecular flexibility index (Phi) is 8.51. The van der Waals surface area contributed by atoms with Crippen molar-refractivity contribution in [2.75, 3.05) is 6.61 Å². The number of unbranched alkanes of at least 4 members (excludes halogenated alkanes) is 3. The molecular formula is C14H15Br3O4. The fourth-order valence-corrected chi connectivity index (χ4v) is 3.30. The predicted octanol–water partition coefficient (Wildman–Crippen LogP) is 5.17. The van der Waals surface area contributed by atoms with Crippen LogP contribution in [0.4, 0.5) is 0 Å². The number of benzene rings is 1. The standard InChI is InChI=1S/C14H15Br3O4/c15-9-7-10(13(17)11(16)8-9)14(20)21-6-4-2-1-3-5-12(18)19/h7-8H,1-6H2,(H,18,19). The number of carbonyl (C=O) groups is 2. The third-order valence-electron chi connectivity index (χ3n) is 2.73. The third kappa shape index (κ3) is 6.93. The number of carboxylic acid groups (broad SMARTS) is 1. The van der Waals surface area contributed by atoms with Gasteiger partial charge in [-0.15, -0.1) is 0 Å². The molecule has 21 heavy (non-hydrogen) atoms. The van der Waals surface area contributed by atoms with Crippen molar-refractivity contribution in [1.82, 2.24) is 0 Å². The molecule has 116 valence electrons. The summed E-state index contributed by atoms with van der Waals surface area (Å²) >= 11 is 10.0. The zero-order valence-electron chi connectivity index (χ0n) is 11.2. The Labute approximate surface area is 148 Å². The van der Waals surface area contributed by atoms with Crippen molar-refractivity contribution in [2.24, 2.45) is 0 Å². The number of rotatable bonds is 8. The molecule has 0 aliphatic carbocycles. The van der Waals surface area contributed by atoms with Gasteiger partial charge in [0.25, 0.3) is 0 Å². The second-order valence-corrected chi connectivity index (χ2v) is 7.01. The van der Waals surface area contributed by atoms with E-state index >= 15 is 0 Å². The summed E-state index contributed by atoms with van der Waals surface area (Å²) in [6.07, 6.45) is 3.27. The molecule has 0 atom stereocenters. The number of aliphatic carboxylic acids is 1. The first-order valence-electron chi connectivity index (χ1n) is 6.45. The number of ether oxygens (including phenoxy) is 1. The highest BCUT2D eigenvalue weighted by Gasteiger charge is 2.14. The first kappa shape index (κ1) is 18.6. The molecule has 0 spiro atoms. The molecule has 0 aliphatic rings. The molecule has 0 aromatic heterocycles. The first-order valence-corrected chi connectivity index (χ1v) is 8.83. The maximum Gasteiger partial charge on any atom is 0.339 e. The molecule has 0 unspecified atom stereocenters. The summed E-state index contributed by atoms with van der Waals surface area (Å²) < 4.78 is 7.45. The molecule has 0 heterocycles. The van der Waals surface area contributed by atoms with Crippen LogP contribution in [0.2, 0.25) is 0 Å². The van der Waals surface area contributed by atoms with Gasteiger partial charge in [-0.1, -0.05) is 28.8 Å². The minimum atomic E-state index is -0.772. The summed E-state index contributed by atoms with van der Waals surface area (Å²) in [7, 11) is 0. The summed E-state index contributed by atoms with van der Waals surface area (Å²) in [4.78, 5) is 22.3. The summed E-state index contributed by atoms with van der Waals surface area (Å²) in [6.45, 7) is 0.336. The Bertz CT molecular complexity index is 517. The molecule has 0 amide bonds. The molecule has 0 fully saturated rings. The van der Waals surface area contributed by atoms with Crippen LogP contribution in [0.1, 0.15) is 42.5 Å². The van der Waals surface area contributed by atoms with Gasteiger partial charge in [0.15, 0.2) is 0 Å². The molecule has 1 aromatic rings. The summed E-state index contributed by atoms with van der Waals surface area (Å²) in [5, 5.41) is 8.50. The lowest BCUT2D eigenvalue weighted by Gasteiger charge is -2.08. The highest BCUT2D eigenvalue weighted by atomic mass is 79.9. The average molecular weight is 487 g/mol. The zero-order valence-corrected chi connectivity index (χ0v) is 16.0. The Morgan fingerprint density at radius 3 is 2.38 bits per heavy atom. The molecule has 0 saturated carbocycles. The van der Waals surface area contributed by atoms with Crippen LogP contribution in [0.25, 0.3) is 0 Å². The lowest BCUT2D eigenvalue weighted by atomic mass is 10.1. The van der Waals surface area contributed by atoms with Gasteiger partial charge in [0.2, 0.25) is 0 Å². The summed E-state index contributed by atoms with van der Waals surface area (Å²) in [6, 6.07) is 3.54. The minimum Gasteiger partial charge on any atom is -0.481 e. The van der Waals surface area contributed by atoms with Crippen molar-refractivity contribution in [1.29, 1.82) is 0 Å². The normalized spacial score (nSPS) is 10.4. The maximum absolute atomic E-state index is 12.0. The quantitative estimate of drug-likeness (QED) is 0.313. The number of esters is 1. The van der Waals surface area contributed by atoms with Crippen LogP contribution in [0, 0.1) is 0 Å². The number of hydrogen-bond acceptors (Lipinski definition) is 3. The topological polar surface area (TPSA) is 63.6 Å². The molecule has 1 N–H and O–H groups in total. The van der Waals surface area contributed by atoms with E-state index in [0.29, 0.717) is 23.1 Å². The van der Waals surface area contributed by atoms with Gasteiger partial charge in [-0.05, 0) is 56.8 Å². The van der Waals surface area contributed by atoms with Gasteiger partial charge in [0, 0.05) is 19.8 Å². The molecule has 1 aromatic carbocycles. The van der Waals surface area contributed by atoms with Gasteiger partial charge in [-0.3, -0.25) is 4.79 Å². The molecule has 1 rings (SSSR count). The van der Waals surface area contributed by atoms with E-state index in [1.807, 2.05) is 6.07 Å². The minimum absolute atomic E-state index is 0.193. The van der Waals surface area contributed by atoms with E-state index in [-0.39, 0.29) is 12.4 Å². The van der Waals surface area contributed by atoms with Crippen LogP contribution < -0.4 is 0 Å². The van der Waals surface area contributed by atoms with Crippen LogP contribution in [0.15, 0.2) is 25.6 Å². The lowest BCUT2D eigenvalue weighted by molar-refractivity contribution is -0.137. The maximum atomic E-state index is 12.0. The second-order valence-electron chi connectivity index (χ2n) is 4.44. The van der Waals surface area contributed by atoms with Crippen LogP contribution in [-0.4, -0.2) is 23.7 Å². The van der Waals surface area contributed by atoms with Gasteiger partial charge in [0.1, 0.15) is 0 Å². The Hall–Kier alpha value is -0.400. The monoisotopic (exact) mass is 484 g/mol. The number of carbonyl (C=O) groups excluding carboxylic acids is 1. The molecule has 0 saturated heterocycles. The van der Waals surface area contributed by atoms with Crippen LogP contribution >= 0.6 is 47.8 Å². The van der Waals surface area contributed by atoms with Gasteiger partial charge < -0.3 is 9.84 Å². The number of carboxylic acids is 1. The Balaban J connectivity index is 2.33. The fourth-order valence-electron chi connectivity index (χ4n) is 1.68. The average Bonchev–Trinajstić information content (AvgIpc) is 2.41. The smallest absolute Gasteiger partial charge is 0.339 e. The van der Waals surface area contributed by atoms with E-state index in [9.17, 15) is 9.59 Å². The lowest BCUT2D eigenvalue weighted by Crippen LogP contribution is -2.07. The van der Waals surface area contributed by atoms with E-state index in [1.54, 1.807) is 6.07 Å². The fraction of sp³-hybridized carbons (Fsp3) is 0.429. The van der Waals surface area contributed by atoms with Crippen molar-refractivity contribution < 1.29 is 19.4 Å². The van der Waals surface area contributed by atoms with Crippen molar-refractivity contribution in [3.05, 3.63) is 31.1 Å². The van der Waals surface area contributed by atoms with Crippen LogP contribution in [0.3, 0.4) is 0 Å². The highest BCUT2D eigenvalue weighted by Crippen LogP contribution is 2.31. The third-order valence-corrected chi connectivity index (χ3v) is 5.20. The van der Waals surface area contributed by atoms with E-state index in [4.69, 9.17) is 9.84 Å². The van der Waals surface area contributed by atoms with E-state index in [1.165, 1.54) is 0 Å². The SMILES string of the molecule is O=C(O)CCCCCCOC(=O)c1cc(Br)cc(Br)c1Br. The van der Waals surface area contributed by atoms with Crippen molar-refractivity contribution in [2.45, 2.75) is 32.1 Å². The molecule has 0 aliphatic heterocycles. The number of halogens is 3. The summed E-state index contributed by atoms with van der Waals surface area (Å²) in [5.41, 5.74) is 0.460. The molecular weight excluding hydrogens is 472 g/mol. The van der Waals surface area contributed by atoms with Crippen molar-refractivity contribution >= 4 is 59.7 Å². The van der Waals surface area contributed by atoms with Crippen molar-refractivity contribution in [3.8, 4) is 0 Å². The largest absolute Gasteiger partial charge is 0.481 e. The molecule has 7 heteroatoms. The Morgan fingerprint density at radius 1 is 1.05 bits per heavy atom. The van der Waals surface area contributed by atoms with Gasteiger partial charge in [-0.25, -0.2) is 4.79 Å². The summed E-state index contributed by atoms with van der Waals surface area (Å²) in [5.74, 6) is -1.15. The zero-order chi connectivity index (χ0) is 15.8. The molecule has 0 bridgehead atoms. The Morgan fingerprint density at radius 2 is 1.71 bits per heavy atom. The second kappa shape index (κ2) is 9.58. The highest BCUT2D eigenvalue weighted by molar-refractivity contribution is 9.13. The van der Waals surface area contributed by atoms with Gasteiger partial charge in [-0.2, -0.15) is 0 Å². The van der Waals surface area contributed by atoms with E-state index < -0.39 is 5.97 Å². The van der Waals surface area contributed by atoms with Crippen LogP contribution in [0.5, 0.6) is 0 Å². The van der Waals surface area contributed by atoms with E-state index in [2.05, 4.69) is 47.8 Å². The van der Waals surface area contributed by atoms with E-state index in [0.717, 1.165) is 28.2 Å². The first-order chi connectivity index (χ1) is 9.91. The van der Waals surface area contributed by atoms with Crippen molar-refractivity contribution in [3.63, 3.8) is 0 Å². The number of hydrogen-bond donors (Lipinski definition) is 1. The predicted molar refractivity (Wildman–Crippen MR) is 90.5 cm³/mol. The molecule has 0 radical (unpaired) electrons. The van der Waals surface area contributed by atoms with Crippen LogP contribution in [-0.2, 0) is 9.53 Å². The van der Waals surface area contributed by atoms with Gasteiger partial charge in [0.05, 0.1) is 12.2 Å². The van der Waals surface area contributed by atoms with Gasteiger partial charge >= 0.3 is 11.9 Å². The molecule has 4 nitrogen and oxygen atoms in total.